The highest BCUT2D eigenvalue weighted by molar-refractivity contribution is 5.85. The van der Waals surface area contributed by atoms with E-state index in [4.69, 9.17) is 30.1 Å². The van der Waals surface area contributed by atoms with Gasteiger partial charge in [-0.25, -0.2) is 0 Å². The predicted octanol–water partition coefficient (Wildman–Crippen LogP) is 5.61. The van der Waals surface area contributed by atoms with Gasteiger partial charge in [0.05, 0.1) is 74.5 Å². The van der Waals surface area contributed by atoms with Crippen molar-refractivity contribution < 1.29 is 53.1 Å². The van der Waals surface area contributed by atoms with Gasteiger partial charge in [-0.1, -0.05) is 39.5 Å². The molecule has 56 heavy (non-hydrogen) atoms. The molecule has 0 aliphatic heterocycles. The summed E-state index contributed by atoms with van der Waals surface area (Å²) in [6.07, 6.45) is 22.5. The van der Waals surface area contributed by atoms with Crippen LogP contribution in [-0.2, 0) is 42.9 Å². The third kappa shape index (κ3) is 13.6. The fraction of sp³-hybridized carbons (Fsp3) is 0.860. The van der Waals surface area contributed by atoms with E-state index in [1.807, 2.05) is 0 Å². The van der Waals surface area contributed by atoms with Gasteiger partial charge in [-0.3, -0.25) is 19.2 Å². The number of hydrogen-bond acceptors (Lipinski definition) is 9. The Morgan fingerprint density at radius 2 is 0.964 bits per heavy atom. The van der Waals surface area contributed by atoms with Gasteiger partial charge in [0.25, 0.3) is 0 Å². The Morgan fingerprint density at radius 1 is 0.554 bits per heavy atom. The first-order valence-corrected chi connectivity index (χ1v) is 21.5. The number of nitrogens with one attached hydrogen (secondary N) is 2. The van der Waals surface area contributed by atoms with E-state index in [0.717, 1.165) is 64.2 Å². The van der Waals surface area contributed by atoms with Crippen LogP contribution in [0.2, 0.25) is 0 Å². The molecule has 316 valence electrons. The number of ether oxygens (including phenoxy) is 5. The molecule has 5 saturated carbocycles. The van der Waals surface area contributed by atoms with Crippen LogP contribution in [-0.4, -0.2) is 103 Å². The fourth-order valence-corrected chi connectivity index (χ4v) is 9.55. The van der Waals surface area contributed by atoms with Crippen molar-refractivity contribution in [2.24, 2.45) is 29.1 Å². The summed E-state index contributed by atoms with van der Waals surface area (Å²) in [4.78, 5) is 50.5. The molecule has 5 aliphatic rings. The largest absolute Gasteiger partial charge is 0.481 e. The Morgan fingerprint density at radius 3 is 1.43 bits per heavy atom. The number of carbonyl (C=O) groups excluding carboxylic acids is 2. The first-order chi connectivity index (χ1) is 26.9. The highest BCUT2D eigenvalue weighted by atomic mass is 16.5. The molecule has 0 spiro atoms. The number of carboxylic acid groups (broad SMARTS) is 2. The Kier molecular flexibility index (Phi) is 17.1. The molecule has 5 rings (SSSR count). The maximum atomic E-state index is 13.3. The van der Waals surface area contributed by atoms with E-state index >= 15 is 0 Å². The lowest BCUT2D eigenvalue weighted by Crippen LogP contribution is -2.47. The zero-order valence-electron chi connectivity index (χ0n) is 33.8. The summed E-state index contributed by atoms with van der Waals surface area (Å²) in [6.45, 7) is 6.36. The Bertz CT molecular complexity index is 1310. The van der Waals surface area contributed by atoms with Crippen LogP contribution in [0, 0.1) is 41.6 Å². The molecule has 0 aromatic carbocycles. The van der Waals surface area contributed by atoms with Crippen LogP contribution in [0.4, 0.5) is 0 Å². The lowest BCUT2D eigenvalue weighted by atomic mass is 9.77. The van der Waals surface area contributed by atoms with Crippen molar-refractivity contribution in [3.05, 3.63) is 0 Å². The van der Waals surface area contributed by atoms with Crippen LogP contribution in [0.25, 0.3) is 0 Å². The second-order valence-corrected chi connectivity index (χ2v) is 18.0. The van der Waals surface area contributed by atoms with Crippen molar-refractivity contribution >= 4 is 23.8 Å². The molecular weight excluding hydrogens is 720 g/mol. The summed E-state index contributed by atoms with van der Waals surface area (Å²) >= 11 is 0. The highest BCUT2D eigenvalue weighted by Crippen LogP contribution is 2.35. The van der Waals surface area contributed by atoms with Crippen LogP contribution in [0.3, 0.4) is 0 Å². The standard InChI is InChI=1S/C43H68N2O11/c1-4-52-33-18-20-35(37(24-33)41(48)49)39(46)44-28-10-14-31(15-11-28)55-26-43(2,3)27-56-32-16-12-29(13-17-32)45-40(47)36-21-19-34(25-38(36)42(50)51)54-23-22-53-30-8-6-5-7-9-30/h1,28-38H,5-27H2,2-3H3,(H,44,46)(H,45,47)(H,48,49)(H,50,51). The van der Waals surface area contributed by atoms with Crippen LogP contribution < -0.4 is 10.6 Å². The van der Waals surface area contributed by atoms with Crippen molar-refractivity contribution in [3.63, 3.8) is 0 Å². The highest BCUT2D eigenvalue weighted by Gasteiger charge is 2.42. The number of aliphatic carboxylic acids is 2. The van der Waals surface area contributed by atoms with Crippen molar-refractivity contribution in [2.75, 3.05) is 26.4 Å². The van der Waals surface area contributed by atoms with E-state index < -0.39 is 35.6 Å². The third-order valence-corrected chi connectivity index (χ3v) is 13.0. The summed E-state index contributed by atoms with van der Waals surface area (Å²) in [5.41, 5.74) is -0.194. The molecule has 13 heteroatoms. The van der Waals surface area contributed by atoms with Crippen LogP contribution in [0.15, 0.2) is 0 Å². The van der Waals surface area contributed by atoms with Gasteiger partial charge in [0.2, 0.25) is 11.8 Å². The molecule has 6 atom stereocenters. The summed E-state index contributed by atoms with van der Waals surface area (Å²) in [5, 5.41) is 26.0. The van der Waals surface area contributed by atoms with Gasteiger partial charge < -0.3 is 44.5 Å². The molecule has 6 unspecified atom stereocenters. The minimum atomic E-state index is -0.992. The number of amides is 2. The van der Waals surface area contributed by atoms with E-state index in [0.29, 0.717) is 64.6 Å². The van der Waals surface area contributed by atoms with Gasteiger partial charge in [0.15, 0.2) is 0 Å². The first-order valence-electron chi connectivity index (χ1n) is 21.5. The van der Waals surface area contributed by atoms with Gasteiger partial charge in [0, 0.05) is 17.5 Å². The summed E-state index contributed by atoms with van der Waals surface area (Å²) in [7, 11) is 0. The molecule has 0 aromatic rings. The van der Waals surface area contributed by atoms with Crippen molar-refractivity contribution in [1.29, 1.82) is 0 Å². The molecule has 13 nitrogen and oxygen atoms in total. The number of carbonyl (C=O) groups is 4. The summed E-state index contributed by atoms with van der Waals surface area (Å²) < 4.78 is 29.8. The Balaban J connectivity index is 0.932. The predicted molar refractivity (Wildman–Crippen MR) is 207 cm³/mol. The average molecular weight is 789 g/mol. The molecule has 0 bridgehead atoms. The van der Waals surface area contributed by atoms with E-state index in [9.17, 15) is 29.4 Å². The maximum absolute atomic E-state index is 13.3. The number of rotatable bonds is 18. The van der Waals surface area contributed by atoms with Crippen LogP contribution in [0.5, 0.6) is 0 Å². The molecule has 4 N–H and O–H groups in total. The lowest BCUT2D eigenvalue weighted by Gasteiger charge is -2.36. The number of terminal acetylenes is 1. The minimum Gasteiger partial charge on any atom is -0.481 e. The van der Waals surface area contributed by atoms with E-state index in [1.165, 1.54) is 19.3 Å². The second-order valence-electron chi connectivity index (χ2n) is 18.0. The summed E-state index contributed by atoms with van der Waals surface area (Å²) in [5.74, 6) is -4.97. The van der Waals surface area contributed by atoms with Crippen molar-refractivity contribution in [1.82, 2.24) is 10.6 Å². The molecule has 2 amide bonds. The zero-order chi connectivity index (χ0) is 40.1. The van der Waals surface area contributed by atoms with Gasteiger partial charge in [-0.15, -0.1) is 0 Å². The van der Waals surface area contributed by atoms with E-state index in [-0.39, 0.29) is 60.1 Å². The molecule has 5 aliphatic carbocycles. The minimum absolute atomic E-state index is 0.00193. The van der Waals surface area contributed by atoms with Gasteiger partial charge >= 0.3 is 11.9 Å². The molecule has 0 saturated heterocycles. The van der Waals surface area contributed by atoms with E-state index in [1.54, 1.807) is 0 Å². The van der Waals surface area contributed by atoms with Crippen LogP contribution >= 0.6 is 0 Å². The number of hydrogen-bond donors (Lipinski definition) is 4. The van der Waals surface area contributed by atoms with Crippen molar-refractivity contribution in [2.45, 2.75) is 178 Å². The fourth-order valence-electron chi connectivity index (χ4n) is 9.55. The summed E-state index contributed by atoms with van der Waals surface area (Å²) in [6, 6.07) is 0.0168. The smallest absolute Gasteiger partial charge is 0.307 e. The SMILES string of the molecule is C#COC1CCC(C(=O)NC2CCC(OCC(C)(C)COC3CCC(NC(=O)C4CCC(OCCOC5CCCCC5)CC4C(=O)O)CC3)CC2)C(C(=O)O)C1. The number of carboxylic acids is 2. The topological polar surface area (TPSA) is 179 Å². The van der Waals surface area contributed by atoms with Gasteiger partial charge in [-0.05, 0) is 103 Å². The van der Waals surface area contributed by atoms with Gasteiger partial charge in [0.1, 0.15) is 12.2 Å². The maximum Gasteiger partial charge on any atom is 0.307 e. The van der Waals surface area contributed by atoms with Crippen LogP contribution in [0.1, 0.15) is 136 Å². The van der Waals surface area contributed by atoms with Gasteiger partial charge in [-0.2, -0.15) is 0 Å². The molecule has 0 aromatic heterocycles. The van der Waals surface area contributed by atoms with Crippen molar-refractivity contribution in [3.8, 4) is 12.5 Å². The third-order valence-electron chi connectivity index (χ3n) is 13.0. The monoisotopic (exact) mass is 788 g/mol. The Labute approximate surface area is 333 Å². The molecule has 5 fully saturated rings. The normalized spacial score (nSPS) is 33.1. The molecule has 0 heterocycles. The first kappa shape index (κ1) is 44.2. The molecular formula is C43H68N2O11. The average Bonchev–Trinajstić information content (AvgIpc) is 3.19. The Hall–Kier alpha value is -2.92. The lowest BCUT2D eigenvalue weighted by molar-refractivity contribution is -0.152. The van der Waals surface area contributed by atoms with E-state index in [2.05, 4.69) is 30.6 Å². The zero-order valence-corrected chi connectivity index (χ0v) is 33.8. The second kappa shape index (κ2) is 21.7. The quantitative estimate of drug-likeness (QED) is 0.100. The molecule has 0 radical (unpaired) electrons.